The largest absolute Gasteiger partial charge is 0.355 e. The van der Waals surface area contributed by atoms with Crippen LogP contribution in [0.1, 0.15) is 18.9 Å². The van der Waals surface area contributed by atoms with E-state index in [1.54, 1.807) is 13.1 Å². The zero-order valence-corrected chi connectivity index (χ0v) is 12.0. The summed E-state index contributed by atoms with van der Waals surface area (Å²) in [7, 11) is 1.58. The molecule has 6 heteroatoms. The Morgan fingerprint density at radius 3 is 2.75 bits per heavy atom. The van der Waals surface area contributed by atoms with Crippen molar-refractivity contribution >= 4 is 17.6 Å². The van der Waals surface area contributed by atoms with E-state index in [0.717, 1.165) is 12.0 Å². The van der Waals surface area contributed by atoms with Gasteiger partial charge in [0.05, 0.1) is 0 Å². The molecule has 1 aromatic rings. The summed E-state index contributed by atoms with van der Waals surface area (Å²) < 4.78 is 0. The maximum absolute atomic E-state index is 11.9. The van der Waals surface area contributed by atoms with Crippen LogP contribution >= 0.6 is 0 Å². The van der Waals surface area contributed by atoms with Gasteiger partial charge in [0.1, 0.15) is 6.54 Å². The zero-order chi connectivity index (χ0) is 15.0. The van der Waals surface area contributed by atoms with Crippen LogP contribution < -0.4 is 16.4 Å². The van der Waals surface area contributed by atoms with Crippen LogP contribution in [-0.2, 0) is 11.3 Å². The molecule has 0 fully saturated rings. The van der Waals surface area contributed by atoms with Crippen LogP contribution in [0.25, 0.3) is 0 Å². The Labute approximate surface area is 119 Å². The number of nitrogens with two attached hydrogens (primary N) is 1. The fourth-order valence-corrected chi connectivity index (χ4v) is 1.60. The van der Waals surface area contributed by atoms with Gasteiger partial charge in [0.25, 0.3) is 0 Å². The molecule has 0 aromatic heterocycles. The van der Waals surface area contributed by atoms with Gasteiger partial charge >= 0.3 is 6.03 Å². The highest BCUT2D eigenvalue weighted by atomic mass is 16.2. The second kappa shape index (κ2) is 8.16. The SMILES string of the molecule is CCCNC(=O)CN(C)C(=O)Nc1cccc(CN)c1. The minimum Gasteiger partial charge on any atom is -0.355 e. The Bertz CT molecular complexity index is 462. The molecule has 0 spiro atoms. The maximum Gasteiger partial charge on any atom is 0.322 e. The van der Waals surface area contributed by atoms with Crippen molar-refractivity contribution in [1.82, 2.24) is 10.2 Å². The molecule has 0 saturated carbocycles. The lowest BCUT2D eigenvalue weighted by molar-refractivity contribution is -0.121. The van der Waals surface area contributed by atoms with Crippen molar-refractivity contribution < 1.29 is 9.59 Å². The van der Waals surface area contributed by atoms with Gasteiger partial charge in [-0.2, -0.15) is 0 Å². The first-order chi connectivity index (χ1) is 9.56. The number of hydrogen-bond donors (Lipinski definition) is 3. The molecule has 0 aliphatic rings. The second-order valence-corrected chi connectivity index (χ2v) is 4.54. The van der Waals surface area contributed by atoms with E-state index in [0.29, 0.717) is 18.8 Å². The minimum absolute atomic E-state index is 0.0302. The van der Waals surface area contributed by atoms with Crippen molar-refractivity contribution in [3.8, 4) is 0 Å². The molecule has 20 heavy (non-hydrogen) atoms. The van der Waals surface area contributed by atoms with Gasteiger partial charge in [-0.1, -0.05) is 19.1 Å². The van der Waals surface area contributed by atoms with Crippen LogP contribution in [0.3, 0.4) is 0 Å². The average molecular weight is 278 g/mol. The number of rotatable bonds is 6. The third kappa shape index (κ3) is 5.27. The number of benzene rings is 1. The summed E-state index contributed by atoms with van der Waals surface area (Å²) in [5.41, 5.74) is 7.15. The predicted molar refractivity (Wildman–Crippen MR) is 79.3 cm³/mol. The second-order valence-electron chi connectivity index (χ2n) is 4.54. The van der Waals surface area contributed by atoms with Gasteiger partial charge < -0.3 is 21.3 Å². The number of carbonyl (C=O) groups excluding carboxylic acids is 2. The molecular weight excluding hydrogens is 256 g/mol. The molecule has 1 rings (SSSR count). The standard InChI is InChI=1S/C14H22N4O2/c1-3-7-16-13(19)10-18(2)14(20)17-12-6-4-5-11(8-12)9-15/h4-6,8H,3,7,9-10,15H2,1-2H3,(H,16,19)(H,17,20). The van der Waals surface area contributed by atoms with E-state index >= 15 is 0 Å². The van der Waals surface area contributed by atoms with Crippen LogP contribution in [0, 0.1) is 0 Å². The van der Waals surface area contributed by atoms with Gasteiger partial charge in [-0.25, -0.2) is 4.79 Å². The Kier molecular flexibility index (Phi) is 6.52. The van der Waals surface area contributed by atoms with Crippen LogP contribution in [0.15, 0.2) is 24.3 Å². The summed E-state index contributed by atoms with van der Waals surface area (Å²) in [6, 6.07) is 6.97. The van der Waals surface area contributed by atoms with Gasteiger partial charge in [-0.05, 0) is 24.1 Å². The topological polar surface area (TPSA) is 87.5 Å². The Morgan fingerprint density at radius 1 is 1.35 bits per heavy atom. The minimum atomic E-state index is -0.328. The molecule has 0 atom stereocenters. The van der Waals surface area contributed by atoms with Crippen molar-refractivity contribution in [2.24, 2.45) is 5.73 Å². The highest BCUT2D eigenvalue weighted by molar-refractivity contribution is 5.92. The van der Waals surface area contributed by atoms with Crippen molar-refractivity contribution in [3.63, 3.8) is 0 Å². The van der Waals surface area contributed by atoms with Gasteiger partial charge in [0.15, 0.2) is 0 Å². The molecule has 0 radical (unpaired) electrons. The predicted octanol–water partition coefficient (Wildman–Crippen LogP) is 1.14. The fraction of sp³-hybridized carbons (Fsp3) is 0.429. The first kappa shape index (κ1) is 16.0. The van der Waals surface area contributed by atoms with Crippen LogP contribution in [-0.4, -0.2) is 37.0 Å². The summed E-state index contributed by atoms with van der Waals surface area (Å²) in [4.78, 5) is 24.8. The highest BCUT2D eigenvalue weighted by Crippen LogP contribution is 2.10. The summed E-state index contributed by atoms with van der Waals surface area (Å²) >= 11 is 0. The number of carbonyl (C=O) groups is 2. The third-order valence-corrected chi connectivity index (χ3v) is 2.71. The number of urea groups is 1. The highest BCUT2D eigenvalue weighted by Gasteiger charge is 2.12. The molecule has 0 aliphatic heterocycles. The smallest absolute Gasteiger partial charge is 0.322 e. The average Bonchev–Trinajstić information content (AvgIpc) is 2.45. The van der Waals surface area contributed by atoms with E-state index in [-0.39, 0.29) is 18.5 Å². The summed E-state index contributed by atoms with van der Waals surface area (Å²) in [6.07, 6.45) is 0.869. The van der Waals surface area contributed by atoms with E-state index in [9.17, 15) is 9.59 Å². The molecule has 0 aliphatic carbocycles. The normalized spacial score (nSPS) is 9.95. The van der Waals surface area contributed by atoms with Crippen LogP contribution in [0.4, 0.5) is 10.5 Å². The number of nitrogens with one attached hydrogen (secondary N) is 2. The first-order valence-electron chi connectivity index (χ1n) is 6.64. The molecule has 3 amide bonds. The van der Waals surface area contributed by atoms with E-state index in [2.05, 4.69) is 10.6 Å². The lowest BCUT2D eigenvalue weighted by Crippen LogP contribution is -2.40. The Morgan fingerprint density at radius 2 is 2.10 bits per heavy atom. The molecule has 0 heterocycles. The third-order valence-electron chi connectivity index (χ3n) is 2.71. The molecule has 0 bridgehead atoms. The molecule has 0 unspecified atom stereocenters. The van der Waals surface area contributed by atoms with Gasteiger partial charge in [0.2, 0.25) is 5.91 Å². The van der Waals surface area contributed by atoms with Crippen molar-refractivity contribution in [2.45, 2.75) is 19.9 Å². The molecule has 6 nitrogen and oxygen atoms in total. The molecule has 110 valence electrons. The summed E-state index contributed by atoms with van der Waals surface area (Å²) in [6.45, 7) is 3.04. The molecular formula is C14H22N4O2. The van der Waals surface area contributed by atoms with Gasteiger partial charge in [0, 0.05) is 25.8 Å². The number of nitrogens with zero attached hydrogens (tertiary/aromatic N) is 1. The Hall–Kier alpha value is -2.08. The van der Waals surface area contributed by atoms with Crippen molar-refractivity contribution in [2.75, 3.05) is 25.5 Å². The van der Waals surface area contributed by atoms with Gasteiger partial charge in [-0.15, -0.1) is 0 Å². The quantitative estimate of drug-likeness (QED) is 0.729. The van der Waals surface area contributed by atoms with Crippen molar-refractivity contribution in [3.05, 3.63) is 29.8 Å². The van der Waals surface area contributed by atoms with Crippen LogP contribution in [0.5, 0.6) is 0 Å². The van der Waals surface area contributed by atoms with Crippen molar-refractivity contribution in [1.29, 1.82) is 0 Å². The monoisotopic (exact) mass is 278 g/mol. The number of anilines is 1. The van der Waals surface area contributed by atoms with Gasteiger partial charge in [-0.3, -0.25) is 4.79 Å². The Balaban J connectivity index is 2.50. The van der Waals surface area contributed by atoms with E-state index in [4.69, 9.17) is 5.73 Å². The number of hydrogen-bond acceptors (Lipinski definition) is 3. The van der Waals surface area contributed by atoms with E-state index in [1.165, 1.54) is 4.90 Å². The van der Waals surface area contributed by atoms with Crippen LogP contribution in [0.2, 0.25) is 0 Å². The zero-order valence-electron chi connectivity index (χ0n) is 12.0. The summed E-state index contributed by atoms with van der Waals surface area (Å²) in [5, 5.41) is 5.45. The number of amides is 3. The van der Waals surface area contributed by atoms with E-state index in [1.807, 2.05) is 25.1 Å². The lowest BCUT2D eigenvalue weighted by atomic mass is 10.2. The molecule has 1 aromatic carbocycles. The summed E-state index contributed by atoms with van der Waals surface area (Å²) in [5.74, 6) is -0.166. The lowest BCUT2D eigenvalue weighted by Gasteiger charge is -2.17. The first-order valence-corrected chi connectivity index (χ1v) is 6.64. The molecule has 0 saturated heterocycles. The molecule has 4 N–H and O–H groups in total. The fourth-order valence-electron chi connectivity index (χ4n) is 1.60. The van der Waals surface area contributed by atoms with E-state index < -0.39 is 0 Å². The number of likely N-dealkylation sites (N-methyl/N-ethyl adjacent to an activating group) is 1. The maximum atomic E-state index is 11.9.